The normalized spacial score (nSPS) is 16.2. The summed E-state index contributed by atoms with van der Waals surface area (Å²) in [5, 5.41) is 0. The van der Waals surface area contributed by atoms with Crippen molar-refractivity contribution in [3.8, 4) is 11.5 Å². The molecule has 1 aromatic carbocycles. The van der Waals surface area contributed by atoms with E-state index in [2.05, 4.69) is 20.4 Å². The minimum Gasteiger partial charge on any atom is -0.493 e. The number of hydrogen-bond acceptors (Lipinski definition) is 5. The largest absolute Gasteiger partial charge is 0.493 e. The van der Waals surface area contributed by atoms with Crippen molar-refractivity contribution in [1.29, 1.82) is 0 Å². The fraction of sp³-hybridized carbons (Fsp3) is 0.333. The third kappa shape index (κ3) is 4.39. The first kappa shape index (κ1) is 18.5. The van der Waals surface area contributed by atoms with E-state index < -0.39 is 0 Å². The minimum absolute atomic E-state index is 0.0923. The van der Waals surface area contributed by atoms with Crippen LogP contribution in [0.4, 0.5) is 0 Å². The minimum atomic E-state index is -0.0923. The van der Waals surface area contributed by atoms with Gasteiger partial charge in [-0.1, -0.05) is 50.0 Å². The molecule has 0 atom stereocenters. The van der Waals surface area contributed by atoms with Crippen LogP contribution in [0, 0.1) is 5.92 Å². The highest BCUT2D eigenvalue weighted by Crippen LogP contribution is 2.34. The van der Waals surface area contributed by atoms with E-state index in [-0.39, 0.29) is 5.91 Å². The van der Waals surface area contributed by atoms with Crippen molar-refractivity contribution in [2.24, 2.45) is 5.92 Å². The maximum absolute atomic E-state index is 12.4. The van der Waals surface area contributed by atoms with Crippen LogP contribution in [-0.4, -0.2) is 35.4 Å². The number of ether oxygens (including phenoxy) is 2. The van der Waals surface area contributed by atoms with Crippen LogP contribution in [0.1, 0.15) is 19.4 Å². The van der Waals surface area contributed by atoms with Gasteiger partial charge in [-0.3, -0.25) is 9.69 Å². The Hall–Kier alpha value is -1.79. The molecular weight excluding hydrogens is 342 g/mol. The van der Waals surface area contributed by atoms with Gasteiger partial charge in [0.1, 0.15) is 4.32 Å². The van der Waals surface area contributed by atoms with E-state index in [1.807, 2.05) is 24.3 Å². The number of benzene rings is 1. The molecule has 1 heterocycles. The number of amides is 1. The van der Waals surface area contributed by atoms with Crippen LogP contribution < -0.4 is 9.47 Å². The first-order valence-electron chi connectivity index (χ1n) is 7.63. The van der Waals surface area contributed by atoms with Crippen molar-refractivity contribution >= 4 is 40.3 Å². The third-order valence-electron chi connectivity index (χ3n) is 3.24. The Morgan fingerprint density at radius 1 is 1.38 bits per heavy atom. The Labute approximate surface area is 152 Å². The maximum Gasteiger partial charge on any atom is 0.266 e. The fourth-order valence-electron chi connectivity index (χ4n) is 2.09. The summed E-state index contributed by atoms with van der Waals surface area (Å²) in [5.41, 5.74) is 0.869. The second-order valence-electron chi connectivity index (χ2n) is 5.70. The van der Waals surface area contributed by atoms with E-state index in [9.17, 15) is 4.79 Å². The van der Waals surface area contributed by atoms with Gasteiger partial charge >= 0.3 is 0 Å². The van der Waals surface area contributed by atoms with E-state index in [0.29, 0.717) is 39.8 Å². The lowest BCUT2D eigenvalue weighted by Gasteiger charge is -2.13. The molecule has 0 aromatic heterocycles. The van der Waals surface area contributed by atoms with Crippen molar-refractivity contribution in [3.63, 3.8) is 0 Å². The molecule has 24 heavy (non-hydrogen) atoms. The molecule has 6 heteroatoms. The summed E-state index contributed by atoms with van der Waals surface area (Å²) in [6.07, 6.45) is 3.49. The van der Waals surface area contributed by atoms with Crippen LogP contribution in [0.15, 0.2) is 35.8 Å². The number of hydrogen-bond donors (Lipinski definition) is 0. The number of carbonyl (C=O) groups excluding carboxylic acids is 1. The Bertz CT molecular complexity index is 683. The van der Waals surface area contributed by atoms with Crippen molar-refractivity contribution in [2.75, 3.05) is 20.3 Å². The monoisotopic (exact) mass is 363 g/mol. The van der Waals surface area contributed by atoms with Gasteiger partial charge in [0.15, 0.2) is 11.5 Å². The van der Waals surface area contributed by atoms with E-state index in [0.717, 1.165) is 5.56 Å². The molecule has 0 spiro atoms. The zero-order valence-corrected chi connectivity index (χ0v) is 15.7. The summed E-state index contributed by atoms with van der Waals surface area (Å²) in [5.74, 6) is 1.66. The summed E-state index contributed by atoms with van der Waals surface area (Å²) >= 11 is 6.55. The van der Waals surface area contributed by atoms with Gasteiger partial charge in [0.05, 0.1) is 18.6 Å². The van der Waals surface area contributed by atoms with Gasteiger partial charge in [0.25, 0.3) is 5.91 Å². The average molecular weight is 364 g/mol. The second kappa shape index (κ2) is 8.35. The number of thioether (sulfide) groups is 1. The highest BCUT2D eigenvalue weighted by molar-refractivity contribution is 8.26. The number of carbonyl (C=O) groups is 1. The predicted octanol–water partition coefficient (Wildman–Crippen LogP) is 4.12. The number of rotatable bonds is 7. The van der Waals surface area contributed by atoms with Crippen molar-refractivity contribution in [1.82, 2.24) is 4.90 Å². The van der Waals surface area contributed by atoms with Crippen LogP contribution in [0.25, 0.3) is 6.08 Å². The summed E-state index contributed by atoms with van der Waals surface area (Å²) < 4.78 is 11.7. The molecule has 1 saturated heterocycles. The Morgan fingerprint density at radius 3 is 2.75 bits per heavy atom. The zero-order chi connectivity index (χ0) is 17.7. The number of nitrogens with zero attached hydrogens (tertiary/aromatic N) is 1. The topological polar surface area (TPSA) is 38.8 Å². The first-order valence-corrected chi connectivity index (χ1v) is 8.85. The second-order valence-corrected chi connectivity index (χ2v) is 7.37. The lowest BCUT2D eigenvalue weighted by molar-refractivity contribution is -0.121. The molecule has 0 radical (unpaired) electrons. The summed E-state index contributed by atoms with van der Waals surface area (Å²) in [6, 6.07) is 5.61. The van der Waals surface area contributed by atoms with E-state index in [1.165, 1.54) is 11.8 Å². The van der Waals surface area contributed by atoms with E-state index in [1.54, 1.807) is 18.1 Å². The van der Waals surface area contributed by atoms with Gasteiger partial charge in [0.2, 0.25) is 0 Å². The predicted molar refractivity (Wildman–Crippen MR) is 103 cm³/mol. The Kier molecular flexibility index (Phi) is 6.45. The molecule has 0 N–H and O–H groups in total. The summed E-state index contributed by atoms with van der Waals surface area (Å²) in [7, 11) is 1.61. The molecular formula is C18H21NO3S2. The zero-order valence-electron chi connectivity index (χ0n) is 14.1. The molecule has 0 saturated carbocycles. The smallest absolute Gasteiger partial charge is 0.266 e. The fourth-order valence-corrected chi connectivity index (χ4v) is 3.37. The van der Waals surface area contributed by atoms with Crippen molar-refractivity contribution in [2.45, 2.75) is 13.8 Å². The van der Waals surface area contributed by atoms with Crippen LogP contribution in [0.3, 0.4) is 0 Å². The average Bonchev–Trinajstić information content (AvgIpc) is 2.81. The van der Waals surface area contributed by atoms with Gasteiger partial charge in [0, 0.05) is 6.54 Å². The van der Waals surface area contributed by atoms with Gasteiger partial charge < -0.3 is 9.47 Å². The molecule has 1 aliphatic heterocycles. The molecule has 0 unspecified atom stereocenters. The standard InChI is InChI=1S/C18H21NO3S2/c1-5-8-19-17(20)16(24-18(19)23)10-13-6-7-14(21-4)15(9-13)22-11-12(2)3/h5-7,9-10,12H,1,8,11H2,2-4H3/b16-10-. The van der Waals surface area contributed by atoms with Gasteiger partial charge in [-0.25, -0.2) is 0 Å². The van der Waals surface area contributed by atoms with E-state index in [4.69, 9.17) is 21.7 Å². The van der Waals surface area contributed by atoms with Crippen LogP contribution >= 0.6 is 24.0 Å². The van der Waals surface area contributed by atoms with Crippen molar-refractivity contribution < 1.29 is 14.3 Å². The number of methoxy groups -OCH3 is 1. The van der Waals surface area contributed by atoms with Crippen LogP contribution in [0.5, 0.6) is 11.5 Å². The molecule has 1 fully saturated rings. The Balaban J connectivity index is 2.26. The highest BCUT2D eigenvalue weighted by atomic mass is 32.2. The summed E-state index contributed by atoms with van der Waals surface area (Å²) in [6.45, 7) is 8.85. The molecule has 0 bridgehead atoms. The molecule has 1 aromatic rings. The lowest BCUT2D eigenvalue weighted by Crippen LogP contribution is -2.27. The highest BCUT2D eigenvalue weighted by Gasteiger charge is 2.30. The molecule has 0 aliphatic carbocycles. The van der Waals surface area contributed by atoms with Gasteiger partial charge in [-0.05, 0) is 29.7 Å². The number of thiocarbonyl (C=S) groups is 1. The van der Waals surface area contributed by atoms with Gasteiger partial charge in [-0.15, -0.1) is 6.58 Å². The Morgan fingerprint density at radius 2 is 2.12 bits per heavy atom. The first-order chi connectivity index (χ1) is 11.5. The van der Waals surface area contributed by atoms with Crippen molar-refractivity contribution in [3.05, 3.63) is 41.3 Å². The lowest BCUT2D eigenvalue weighted by atomic mass is 10.1. The van der Waals surface area contributed by atoms with Crippen LogP contribution in [0.2, 0.25) is 0 Å². The quantitative estimate of drug-likeness (QED) is 0.414. The summed E-state index contributed by atoms with van der Waals surface area (Å²) in [4.78, 5) is 14.5. The molecule has 1 aliphatic rings. The van der Waals surface area contributed by atoms with Crippen LogP contribution in [-0.2, 0) is 4.79 Å². The molecule has 4 nitrogen and oxygen atoms in total. The maximum atomic E-state index is 12.4. The molecule has 128 valence electrons. The SMILES string of the molecule is C=CCN1C(=O)/C(=C/c2ccc(OC)c(OCC(C)C)c2)SC1=S. The van der Waals surface area contributed by atoms with Gasteiger partial charge in [-0.2, -0.15) is 0 Å². The third-order valence-corrected chi connectivity index (χ3v) is 4.62. The molecule has 2 rings (SSSR count). The molecule has 1 amide bonds. The van der Waals surface area contributed by atoms with E-state index >= 15 is 0 Å².